The molecule has 0 saturated carbocycles. The van der Waals surface area contributed by atoms with E-state index in [1.54, 1.807) is 18.2 Å². The van der Waals surface area contributed by atoms with Gasteiger partial charge in [0.15, 0.2) is 0 Å². The summed E-state index contributed by atoms with van der Waals surface area (Å²) < 4.78 is 5.13. The van der Waals surface area contributed by atoms with Gasteiger partial charge in [0.1, 0.15) is 0 Å². The fraction of sp³-hybridized carbons (Fsp3) is 0.150. The molecule has 5 heteroatoms. The van der Waals surface area contributed by atoms with Crippen LogP contribution in [0.2, 0.25) is 0 Å². The molecule has 25 heavy (non-hydrogen) atoms. The van der Waals surface area contributed by atoms with Gasteiger partial charge in [-0.05, 0) is 47.4 Å². The van der Waals surface area contributed by atoms with Gasteiger partial charge in [-0.25, -0.2) is 0 Å². The van der Waals surface area contributed by atoms with Crippen LogP contribution in [0.3, 0.4) is 0 Å². The number of aromatic nitrogens is 2. The fourth-order valence-electron chi connectivity index (χ4n) is 2.34. The van der Waals surface area contributed by atoms with E-state index in [0.717, 1.165) is 11.1 Å². The van der Waals surface area contributed by atoms with E-state index in [4.69, 9.17) is 4.42 Å². The predicted molar refractivity (Wildman–Crippen MR) is 97.9 cm³/mol. The van der Waals surface area contributed by atoms with Crippen molar-refractivity contribution in [3.63, 3.8) is 0 Å². The highest BCUT2D eigenvalue weighted by atomic mass is 16.4. The van der Waals surface area contributed by atoms with Crippen molar-refractivity contribution < 1.29 is 9.21 Å². The molecule has 3 aromatic rings. The van der Waals surface area contributed by atoms with Crippen molar-refractivity contribution in [3.8, 4) is 11.5 Å². The van der Waals surface area contributed by atoms with Gasteiger partial charge in [-0.3, -0.25) is 4.79 Å². The monoisotopic (exact) mass is 333 g/mol. The number of hydrogen-bond donors (Lipinski definition) is 1. The molecule has 126 valence electrons. The first kappa shape index (κ1) is 16.6. The van der Waals surface area contributed by atoms with Gasteiger partial charge in [-0.1, -0.05) is 38.1 Å². The van der Waals surface area contributed by atoms with E-state index < -0.39 is 0 Å². The summed E-state index contributed by atoms with van der Waals surface area (Å²) in [6.07, 6.45) is 4.60. The Morgan fingerprint density at radius 1 is 1.08 bits per heavy atom. The second-order valence-electron chi connectivity index (χ2n) is 5.97. The first-order chi connectivity index (χ1) is 12.1. The molecular formula is C20H19N3O2. The Hall–Kier alpha value is -3.21. The van der Waals surface area contributed by atoms with Crippen LogP contribution in [0, 0.1) is 0 Å². The van der Waals surface area contributed by atoms with Crippen LogP contribution >= 0.6 is 0 Å². The molecule has 0 fully saturated rings. The van der Waals surface area contributed by atoms with Crippen LogP contribution in [0.4, 0.5) is 5.69 Å². The van der Waals surface area contributed by atoms with Gasteiger partial charge in [-0.15, -0.1) is 10.2 Å². The van der Waals surface area contributed by atoms with E-state index in [9.17, 15) is 4.79 Å². The van der Waals surface area contributed by atoms with Crippen LogP contribution < -0.4 is 5.32 Å². The number of nitrogens with zero attached hydrogens (tertiary/aromatic N) is 2. The lowest BCUT2D eigenvalue weighted by atomic mass is 10.0. The number of amides is 1. The van der Waals surface area contributed by atoms with E-state index in [2.05, 4.69) is 41.5 Å². The number of carbonyl (C=O) groups is 1. The van der Waals surface area contributed by atoms with Crippen LogP contribution in [0.5, 0.6) is 0 Å². The average Bonchev–Trinajstić information content (AvgIpc) is 3.15. The molecular weight excluding hydrogens is 314 g/mol. The molecule has 0 bridgehead atoms. The van der Waals surface area contributed by atoms with Crippen molar-refractivity contribution in [2.75, 3.05) is 5.32 Å². The number of carbonyl (C=O) groups excluding carboxylic acids is 1. The van der Waals surface area contributed by atoms with Gasteiger partial charge in [0.25, 0.3) is 0 Å². The molecule has 0 saturated heterocycles. The largest absolute Gasteiger partial charge is 0.423 e. The second-order valence-corrected chi connectivity index (χ2v) is 5.97. The van der Waals surface area contributed by atoms with Crippen LogP contribution in [0.15, 0.2) is 65.4 Å². The SMILES string of the molecule is CC(C)c1ccc(C=CC(=O)Nc2ccc(-c3nnco3)cc2)cc1. The van der Waals surface area contributed by atoms with Crippen molar-refractivity contribution in [1.82, 2.24) is 10.2 Å². The smallest absolute Gasteiger partial charge is 0.248 e. The summed E-state index contributed by atoms with van der Waals surface area (Å²) in [4.78, 5) is 12.0. The van der Waals surface area contributed by atoms with Gasteiger partial charge in [0, 0.05) is 17.3 Å². The highest BCUT2D eigenvalue weighted by Crippen LogP contribution is 2.19. The Labute approximate surface area is 146 Å². The van der Waals surface area contributed by atoms with E-state index >= 15 is 0 Å². The quantitative estimate of drug-likeness (QED) is 0.697. The minimum absolute atomic E-state index is 0.182. The molecule has 0 unspecified atom stereocenters. The summed E-state index contributed by atoms with van der Waals surface area (Å²) in [5.74, 6) is 0.762. The zero-order valence-electron chi connectivity index (χ0n) is 14.1. The number of hydrogen-bond acceptors (Lipinski definition) is 4. The Bertz CT molecular complexity index is 849. The third kappa shape index (κ3) is 4.41. The van der Waals surface area contributed by atoms with Gasteiger partial charge < -0.3 is 9.73 Å². The van der Waals surface area contributed by atoms with Gasteiger partial charge in [0.05, 0.1) is 0 Å². The zero-order valence-corrected chi connectivity index (χ0v) is 14.1. The Morgan fingerprint density at radius 3 is 2.40 bits per heavy atom. The standard InChI is InChI=1S/C20H19N3O2/c1-14(2)16-6-3-15(4-7-16)5-12-19(24)22-18-10-8-17(9-11-18)20-23-21-13-25-20/h3-14H,1-2H3,(H,22,24). The van der Waals surface area contributed by atoms with Crippen LogP contribution in [0.1, 0.15) is 30.9 Å². The Kier molecular flexibility index (Phi) is 5.04. The molecule has 0 atom stereocenters. The maximum atomic E-state index is 12.0. The van der Waals surface area contributed by atoms with Crippen molar-refractivity contribution in [2.45, 2.75) is 19.8 Å². The Morgan fingerprint density at radius 2 is 1.80 bits per heavy atom. The summed E-state index contributed by atoms with van der Waals surface area (Å²) in [5.41, 5.74) is 3.78. The Balaban J connectivity index is 1.60. The van der Waals surface area contributed by atoms with Crippen molar-refractivity contribution in [1.29, 1.82) is 0 Å². The lowest BCUT2D eigenvalue weighted by Crippen LogP contribution is -2.07. The maximum absolute atomic E-state index is 12.0. The highest BCUT2D eigenvalue weighted by Gasteiger charge is 2.04. The molecule has 0 aliphatic heterocycles. The topological polar surface area (TPSA) is 68.0 Å². The molecule has 1 aromatic heterocycles. The van der Waals surface area contributed by atoms with E-state index in [0.29, 0.717) is 17.5 Å². The van der Waals surface area contributed by atoms with E-state index in [-0.39, 0.29) is 5.91 Å². The molecule has 3 rings (SSSR count). The summed E-state index contributed by atoms with van der Waals surface area (Å²) in [5, 5.41) is 10.3. The summed E-state index contributed by atoms with van der Waals surface area (Å²) >= 11 is 0. The van der Waals surface area contributed by atoms with Gasteiger partial charge >= 0.3 is 0 Å². The molecule has 0 radical (unpaired) electrons. The van der Waals surface area contributed by atoms with Crippen LogP contribution in [-0.2, 0) is 4.79 Å². The van der Waals surface area contributed by atoms with E-state index in [1.807, 2.05) is 24.3 Å². The molecule has 1 heterocycles. The number of anilines is 1. The molecule has 5 nitrogen and oxygen atoms in total. The fourth-order valence-corrected chi connectivity index (χ4v) is 2.34. The van der Waals surface area contributed by atoms with Crippen molar-refractivity contribution >= 4 is 17.7 Å². The third-order valence-corrected chi connectivity index (χ3v) is 3.79. The molecule has 0 aliphatic carbocycles. The van der Waals surface area contributed by atoms with Gasteiger partial charge in [0.2, 0.25) is 18.2 Å². The molecule has 0 spiro atoms. The first-order valence-corrected chi connectivity index (χ1v) is 8.07. The van der Waals surface area contributed by atoms with Crippen molar-refractivity contribution in [2.24, 2.45) is 0 Å². The second kappa shape index (κ2) is 7.57. The molecule has 0 aliphatic rings. The number of rotatable bonds is 5. The zero-order chi connectivity index (χ0) is 17.6. The van der Waals surface area contributed by atoms with Crippen LogP contribution in [0.25, 0.3) is 17.5 Å². The lowest BCUT2D eigenvalue weighted by molar-refractivity contribution is -0.111. The van der Waals surface area contributed by atoms with Gasteiger partial charge in [-0.2, -0.15) is 0 Å². The molecule has 2 aromatic carbocycles. The summed E-state index contributed by atoms with van der Waals surface area (Å²) in [6, 6.07) is 15.4. The normalized spacial score (nSPS) is 11.2. The lowest BCUT2D eigenvalue weighted by Gasteiger charge is -2.05. The van der Waals surface area contributed by atoms with Crippen molar-refractivity contribution in [3.05, 3.63) is 72.1 Å². The van der Waals surface area contributed by atoms with Crippen LogP contribution in [-0.4, -0.2) is 16.1 Å². The minimum atomic E-state index is -0.182. The summed E-state index contributed by atoms with van der Waals surface area (Å²) in [6.45, 7) is 4.31. The third-order valence-electron chi connectivity index (χ3n) is 3.79. The molecule has 1 N–H and O–H groups in total. The highest BCUT2D eigenvalue weighted by molar-refractivity contribution is 6.02. The minimum Gasteiger partial charge on any atom is -0.423 e. The maximum Gasteiger partial charge on any atom is 0.248 e. The number of benzene rings is 2. The molecule has 1 amide bonds. The summed E-state index contributed by atoms with van der Waals surface area (Å²) in [7, 11) is 0. The first-order valence-electron chi connectivity index (χ1n) is 8.07. The average molecular weight is 333 g/mol. The predicted octanol–water partition coefficient (Wildman–Crippen LogP) is 4.51. The van der Waals surface area contributed by atoms with E-state index in [1.165, 1.54) is 18.0 Å². The number of nitrogens with one attached hydrogen (secondary N) is 1.